The van der Waals surface area contributed by atoms with Crippen LogP contribution in [0.5, 0.6) is 0 Å². The topological polar surface area (TPSA) is 38.0 Å². The number of anilines is 2. The first-order valence-electron chi connectivity index (χ1n) is 4.03. The third-order valence-corrected chi connectivity index (χ3v) is 2.09. The summed E-state index contributed by atoms with van der Waals surface area (Å²) in [7, 11) is 0. The van der Waals surface area contributed by atoms with Gasteiger partial charge >= 0.3 is 0 Å². The van der Waals surface area contributed by atoms with Gasteiger partial charge in [0.15, 0.2) is 0 Å². The van der Waals surface area contributed by atoms with Crippen LogP contribution in [0.1, 0.15) is 6.92 Å². The number of nitrogen functional groups attached to an aromatic ring is 1. The maximum atomic E-state index is 5.76. The van der Waals surface area contributed by atoms with Gasteiger partial charge in [0, 0.05) is 11.0 Å². The van der Waals surface area contributed by atoms with E-state index in [4.69, 9.17) is 5.73 Å². The van der Waals surface area contributed by atoms with Crippen LogP contribution in [0.2, 0.25) is 0 Å². The van der Waals surface area contributed by atoms with Crippen molar-refractivity contribution in [1.82, 2.24) is 0 Å². The molecule has 0 bridgehead atoms. The standard InChI is InChI=1S/C10H13BrN2/c1-7(2)6-13-10-5-8(11)3-4-9(10)12/h3-5,13H,1,6,12H2,2H3. The summed E-state index contributed by atoms with van der Waals surface area (Å²) in [4.78, 5) is 0. The molecule has 0 spiro atoms. The van der Waals surface area contributed by atoms with E-state index >= 15 is 0 Å². The van der Waals surface area contributed by atoms with Crippen LogP contribution < -0.4 is 11.1 Å². The smallest absolute Gasteiger partial charge is 0.0587 e. The van der Waals surface area contributed by atoms with Crippen LogP contribution in [0.15, 0.2) is 34.8 Å². The largest absolute Gasteiger partial charge is 0.397 e. The summed E-state index contributed by atoms with van der Waals surface area (Å²) in [5.74, 6) is 0. The molecule has 0 aliphatic carbocycles. The van der Waals surface area contributed by atoms with E-state index in [9.17, 15) is 0 Å². The number of benzene rings is 1. The predicted octanol–water partition coefficient (Wildman–Crippen LogP) is 3.02. The van der Waals surface area contributed by atoms with Gasteiger partial charge in [-0.25, -0.2) is 0 Å². The van der Waals surface area contributed by atoms with E-state index in [0.717, 1.165) is 28.0 Å². The number of nitrogens with two attached hydrogens (primary N) is 1. The van der Waals surface area contributed by atoms with Gasteiger partial charge in [-0.15, -0.1) is 0 Å². The van der Waals surface area contributed by atoms with Gasteiger partial charge in [0.05, 0.1) is 11.4 Å². The summed E-state index contributed by atoms with van der Waals surface area (Å²) in [6.07, 6.45) is 0. The second-order valence-corrected chi connectivity index (χ2v) is 3.96. The Hall–Kier alpha value is -0.960. The molecule has 1 aromatic carbocycles. The van der Waals surface area contributed by atoms with Crippen molar-refractivity contribution >= 4 is 27.3 Å². The fourth-order valence-corrected chi connectivity index (χ4v) is 1.29. The summed E-state index contributed by atoms with van der Waals surface area (Å²) in [5, 5.41) is 3.20. The second-order valence-electron chi connectivity index (χ2n) is 3.04. The van der Waals surface area contributed by atoms with Gasteiger partial charge in [-0.1, -0.05) is 28.1 Å². The summed E-state index contributed by atoms with van der Waals surface area (Å²) in [6.45, 7) is 6.53. The molecule has 3 heteroatoms. The normalized spacial score (nSPS) is 9.69. The number of nitrogens with one attached hydrogen (secondary N) is 1. The molecule has 70 valence electrons. The zero-order chi connectivity index (χ0) is 9.84. The maximum absolute atomic E-state index is 5.76. The first-order valence-corrected chi connectivity index (χ1v) is 4.82. The van der Waals surface area contributed by atoms with Gasteiger partial charge < -0.3 is 11.1 Å². The molecule has 0 unspecified atom stereocenters. The van der Waals surface area contributed by atoms with Crippen LogP contribution in [0.25, 0.3) is 0 Å². The average Bonchev–Trinajstić information content (AvgIpc) is 2.06. The van der Waals surface area contributed by atoms with Gasteiger partial charge in [-0.2, -0.15) is 0 Å². The van der Waals surface area contributed by atoms with Crippen LogP contribution in [-0.2, 0) is 0 Å². The van der Waals surface area contributed by atoms with Crippen molar-refractivity contribution < 1.29 is 0 Å². The van der Waals surface area contributed by atoms with Gasteiger partial charge in [0.25, 0.3) is 0 Å². The highest BCUT2D eigenvalue weighted by atomic mass is 79.9. The van der Waals surface area contributed by atoms with Crippen molar-refractivity contribution in [3.63, 3.8) is 0 Å². The third kappa shape index (κ3) is 3.11. The number of hydrogen-bond acceptors (Lipinski definition) is 2. The molecule has 0 amide bonds. The number of rotatable bonds is 3. The lowest BCUT2D eigenvalue weighted by Gasteiger charge is -2.09. The molecule has 0 heterocycles. The first-order chi connectivity index (χ1) is 6.09. The van der Waals surface area contributed by atoms with Crippen LogP contribution >= 0.6 is 15.9 Å². The predicted molar refractivity (Wildman–Crippen MR) is 61.9 cm³/mol. The van der Waals surface area contributed by atoms with E-state index in [1.807, 2.05) is 25.1 Å². The van der Waals surface area contributed by atoms with E-state index in [1.165, 1.54) is 0 Å². The molecule has 1 rings (SSSR count). The fraction of sp³-hybridized carbons (Fsp3) is 0.200. The van der Waals surface area contributed by atoms with Crippen molar-refractivity contribution in [1.29, 1.82) is 0 Å². The molecule has 0 aliphatic rings. The molecule has 3 N–H and O–H groups in total. The van der Waals surface area contributed by atoms with E-state index < -0.39 is 0 Å². The maximum Gasteiger partial charge on any atom is 0.0587 e. The Morgan fingerprint density at radius 2 is 2.31 bits per heavy atom. The van der Waals surface area contributed by atoms with Crippen LogP contribution in [0.3, 0.4) is 0 Å². The average molecular weight is 241 g/mol. The van der Waals surface area contributed by atoms with E-state index in [-0.39, 0.29) is 0 Å². The minimum atomic E-state index is 0.751. The number of hydrogen-bond donors (Lipinski definition) is 2. The Kier molecular flexibility index (Phi) is 3.37. The van der Waals surface area contributed by atoms with Crippen molar-refractivity contribution in [2.75, 3.05) is 17.6 Å². The summed E-state index contributed by atoms with van der Waals surface area (Å²) in [5.41, 5.74) is 8.54. The molecule has 0 fully saturated rings. The minimum Gasteiger partial charge on any atom is -0.397 e. The molecule has 0 atom stereocenters. The zero-order valence-corrected chi connectivity index (χ0v) is 9.19. The lowest BCUT2D eigenvalue weighted by atomic mass is 10.2. The molecule has 0 aromatic heterocycles. The lowest BCUT2D eigenvalue weighted by molar-refractivity contribution is 1.22. The second kappa shape index (κ2) is 4.33. The van der Waals surface area contributed by atoms with Crippen molar-refractivity contribution in [3.8, 4) is 0 Å². The Balaban J connectivity index is 2.75. The summed E-state index contributed by atoms with van der Waals surface area (Å²) >= 11 is 3.39. The minimum absolute atomic E-state index is 0.751. The summed E-state index contributed by atoms with van der Waals surface area (Å²) in [6, 6.07) is 5.74. The zero-order valence-electron chi connectivity index (χ0n) is 7.60. The molecule has 0 saturated heterocycles. The van der Waals surface area contributed by atoms with Gasteiger partial charge in [0.1, 0.15) is 0 Å². The molecular weight excluding hydrogens is 228 g/mol. The first kappa shape index (κ1) is 10.1. The molecule has 1 aromatic rings. The van der Waals surface area contributed by atoms with Gasteiger partial charge in [-0.3, -0.25) is 0 Å². The van der Waals surface area contributed by atoms with Gasteiger partial charge in [-0.05, 0) is 25.1 Å². The highest BCUT2D eigenvalue weighted by Crippen LogP contribution is 2.23. The molecule has 0 aliphatic heterocycles. The Morgan fingerprint density at radius 3 is 2.92 bits per heavy atom. The van der Waals surface area contributed by atoms with E-state index in [2.05, 4.69) is 27.8 Å². The quantitative estimate of drug-likeness (QED) is 0.630. The van der Waals surface area contributed by atoms with Crippen molar-refractivity contribution in [2.24, 2.45) is 0 Å². The molecule has 0 saturated carbocycles. The van der Waals surface area contributed by atoms with Crippen LogP contribution in [-0.4, -0.2) is 6.54 Å². The highest BCUT2D eigenvalue weighted by molar-refractivity contribution is 9.10. The van der Waals surface area contributed by atoms with E-state index in [1.54, 1.807) is 0 Å². The van der Waals surface area contributed by atoms with Crippen molar-refractivity contribution in [3.05, 3.63) is 34.8 Å². The third-order valence-electron chi connectivity index (χ3n) is 1.60. The summed E-state index contributed by atoms with van der Waals surface area (Å²) < 4.78 is 1.02. The highest BCUT2D eigenvalue weighted by Gasteiger charge is 1.98. The van der Waals surface area contributed by atoms with Crippen LogP contribution in [0.4, 0.5) is 11.4 Å². The lowest BCUT2D eigenvalue weighted by Crippen LogP contribution is -2.04. The Morgan fingerprint density at radius 1 is 1.62 bits per heavy atom. The SMILES string of the molecule is C=C(C)CNc1cc(Br)ccc1N. The Bertz CT molecular complexity index is 321. The Labute approximate surface area is 87.0 Å². The monoisotopic (exact) mass is 240 g/mol. The number of halogens is 1. The molecule has 2 nitrogen and oxygen atoms in total. The molecule has 0 radical (unpaired) electrons. The van der Waals surface area contributed by atoms with E-state index in [0.29, 0.717) is 0 Å². The van der Waals surface area contributed by atoms with Crippen LogP contribution in [0, 0.1) is 0 Å². The molecular formula is C10H13BrN2. The van der Waals surface area contributed by atoms with Crippen molar-refractivity contribution in [2.45, 2.75) is 6.92 Å². The fourth-order valence-electron chi connectivity index (χ4n) is 0.928. The van der Waals surface area contributed by atoms with Gasteiger partial charge in [0.2, 0.25) is 0 Å². The molecule has 13 heavy (non-hydrogen) atoms.